The molecule has 0 saturated carbocycles. The molecule has 2 aromatic rings. The lowest BCUT2D eigenvalue weighted by molar-refractivity contribution is -0.112. The summed E-state index contributed by atoms with van der Waals surface area (Å²) in [7, 11) is 0. The number of hydrogen-bond donors (Lipinski definition) is 1. The van der Waals surface area contributed by atoms with Gasteiger partial charge in [-0.25, -0.2) is 0 Å². The molecule has 0 aliphatic rings. The average molecular weight is 415 g/mol. The molecule has 26 heavy (non-hydrogen) atoms. The Kier molecular flexibility index (Phi) is 7.24. The number of anilines is 1. The summed E-state index contributed by atoms with van der Waals surface area (Å²) in [4.78, 5) is 12.4. The van der Waals surface area contributed by atoms with Gasteiger partial charge in [0, 0.05) is 10.2 Å². The lowest BCUT2D eigenvalue weighted by Crippen LogP contribution is -2.13. The number of ether oxygens (including phenoxy) is 2. The summed E-state index contributed by atoms with van der Waals surface area (Å²) in [5.41, 5.74) is 1.28. The van der Waals surface area contributed by atoms with E-state index in [0.29, 0.717) is 30.2 Å². The largest absolute Gasteiger partial charge is 0.494 e. The molecule has 0 fully saturated rings. The maximum absolute atomic E-state index is 12.4. The zero-order valence-corrected chi connectivity index (χ0v) is 16.2. The van der Waals surface area contributed by atoms with Crippen LogP contribution in [0.1, 0.15) is 19.4 Å². The van der Waals surface area contributed by atoms with Crippen molar-refractivity contribution < 1.29 is 14.3 Å². The van der Waals surface area contributed by atoms with E-state index in [1.54, 1.807) is 30.3 Å². The van der Waals surface area contributed by atoms with Crippen LogP contribution < -0.4 is 14.8 Å². The number of benzene rings is 2. The van der Waals surface area contributed by atoms with Crippen LogP contribution in [-0.2, 0) is 4.79 Å². The van der Waals surface area contributed by atoms with E-state index in [1.165, 1.54) is 6.08 Å². The van der Waals surface area contributed by atoms with E-state index in [1.807, 2.05) is 32.0 Å². The van der Waals surface area contributed by atoms with Crippen LogP contribution in [0.4, 0.5) is 5.69 Å². The molecular weight excluding hydrogens is 396 g/mol. The van der Waals surface area contributed by atoms with Gasteiger partial charge in [-0.05, 0) is 68.0 Å². The van der Waals surface area contributed by atoms with Crippen molar-refractivity contribution >= 4 is 33.6 Å². The second kappa shape index (κ2) is 9.64. The first-order valence-corrected chi connectivity index (χ1v) is 8.94. The van der Waals surface area contributed by atoms with Crippen molar-refractivity contribution in [2.75, 3.05) is 18.5 Å². The molecule has 0 aliphatic heterocycles. The SMILES string of the molecule is CCOc1ccc(NC(=O)/C(C#N)=C/c2cc(Br)cc(OCC)c2)cc1. The fourth-order valence-corrected chi connectivity index (χ4v) is 2.72. The number of halogens is 1. The number of nitrogens with zero attached hydrogens (tertiary/aromatic N) is 1. The van der Waals surface area contributed by atoms with Crippen LogP contribution in [0.25, 0.3) is 6.08 Å². The number of carbonyl (C=O) groups excluding carboxylic acids is 1. The molecule has 0 aliphatic carbocycles. The highest BCUT2D eigenvalue weighted by Crippen LogP contribution is 2.23. The van der Waals surface area contributed by atoms with Crippen LogP contribution in [0.2, 0.25) is 0 Å². The maximum Gasteiger partial charge on any atom is 0.266 e. The molecule has 1 amide bonds. The summed E-state index contributed by atoms with van der Waals surface area (Å²) in [6.07, 6.45) is 1.52. The summed E-state index contributed by atoms with van der Waals surface area (Å²) >= 11 is 3.40. The third-order valence-electron chi connectivity index (χ3n) is 3.30. The highest BCUT2D eigenvalue weighted by atomic mass is 79.9. The Morgan fingerprint density at radius 1 is 1.12 bits per heavy atom. The Bertz CT molecular complexity index is 839. The van der Waals surface area contributed by atoms with Gasteiger partial charge >= 0.3 is 0 Å². The summed E-state index contributed by atoms with van der Waals surface area (Å²) in [5.74, 6) is 0.908. The minimum absolute atomic E-state index is 0.000525. The van der Waals surface area contributed by atoms with E-state index in [0.717, 1.165) is 10.2 Å². The molecule has 0 unspecified atom stereocenters. The minimum atomic E-state index is -0.477. The molecule has 0 bridgehead atoms. The Balaban J connectivity index is 2.17. The zero-order chi connectivity index (χ0) is 18.9. The van der Waals surface area contributed by atoms with E-state index < -0.39 is 5.91 Å². The maximum atomic E-state index is 12.4. The van der Waals surface area contributed by atoms with Crippen molar-refractivity contribution in [2.45, 2.75) is 13.8 Å². The first-order valence-electron chi connectivity index (χ1n) is 8.15. The van der Waals surface area contributed by atoms with Crippen LogP contribution in [0.15, 0.2) is 52.5 Å². The number of nitrogens with one attached hydrogen (secondary N) is 1. The Labute approximate surface area is 161 Å². The molecule has 2 aromatic carbocycles. The number of carbonyl (C=O) groups is 1. The smallest absolute Gasteiger partial charge is 0.266 e. The van der Waals surface area contributed by atoms with E-state index in [2.05, 4.69) is 21.2 Å². The van der Waals surface area contributed by atoms with Crippen LogP contribution in [0, 0.1) is 11.3 Å². The molecule has 2 rings (SSSR count). The predicted molar refractivity (Wildman–Crippen MR) is 105 cm³/mol. The second-order valence-electron chi connectivity index (χ2n) is 5.23. The third-order valence-corrected chi connectivity index (χ3v) is 3.76. The van der Waals surface area contributed by atoms with Crippen LogP contribution in [-0.4, -0.2) is 19.1 Å². The first-order chi connectivity index (χ1) is 12.5. The van der Waals surface area contributed by atoms with E-state index in [9.17, 15) is 10.1 Å². The van der Waals surface area contributed by atoms with Gasteiger partial charge < -0.3 is 14.8 Å². The molecule has 1 N–H and O–H groups in total. The fraction of sp³-hybridized carbons (Fsp3) is 0.200. The van der Waals surface area contributed by atoms with Gasteiger partial charge in [-0.2, -0.15) is 5.26 Å². The van der Waals surface area contributed by atoms with Gasteiger partial charge in [0.2, 0.25) is 0 Å². The quantitative estimate of drug-likeness (QED) is 0.521. The van der Waals surface area contributed by atoms with Gasteiger partial charge in [-0.1, -0.05) is 15.9 Å². The average Bonchev–Trinajstić information content (AvgIpc) is 2.61. The van der Waals surface area contributed by atoms with Crippen molar-refractivity contribution in [1.29, 1.82) is 5.26 Å². The van der Waals surface area contributed by atoms with Gasteiger partial charge in [0.15, 0.2) is 0 Å². The fourth-order valence-electron chi connectivity index (χ4n) is 2.23. The lowest BCUT2D eigenvalue weighted by atomic mass is 10.1. The van der Waals surface area contributed by atoms with Gasteiger partial charge in [0.1, 0.15) is 23.1 Å². The molecule has 134 valence electrons. The normalized spacial score (nSPS) is 10.8. The minimum Gasteiger partial charge on any atom is -0.494 e. The van der Waals surface area contributed by atoms with E-state index in [4.69, 9.17) is 9.47 Å². The summed E-state index contributed by atoms with van der Waals surface area (Å²) in [5, 5.41) is 12.1. The predicted octanol–water partition coefficient (Wildman–Crippen LogP) is 4.79. The molecule has 0 spiro atoms. The summed E-state index contributed by atoms with van der Waals surface area (Å²) in [6.45, 7) is 4.90. The topological polar surface area (TPSA) is 71.3 Å². The zero-order valence-electron chi connectivity index (χ0n) is 14.6. The summed E-state index contributed by atoms with van der Waals surface area (Å²) < 4.78 is 11.6. The molecule has 5 nitrogen and oxygen atoms in total. The second-order valence-corrected chi connectivity index (χ2v) is 6.15. The Morgan fingerprint density at radius 2 is 1.77 bits per heavy atom. The first kappa shape index (κ1) is 19.5. The molecular formula is C20H19BrN2O3. The summed E-state index contributed by atoms with van der Waals surface area (Å²) in [6, 6.07) is 14.3. The van der Waals surface area contributed by atoms with Crippen molar-refractivity contribution in [3.05, 3.63) is 58.1 Å². The van der Waals surface area contributed by atoms with Crippen LogP contribution in [0.3, 0.4) is 0 Å². The number of nitriles is 1. The molecule has 0 atom stereocenters. The lowest BCUT2D eigenvalue weighted by Gasteiger charge is -2.07. The van der Waals surface area contributed by atoms with E-state index >= 15 is 0 Å². The third kappa shape index (κ3) is 5.64. The van der Waals surface area contributed by atoms with Crippen molar-refractivity contribution in [1.82, 2.24) is 0 Å². The monoisotopic (exact) mass is 414 g/mol. The highest BCUT2D eigenvalue weighted by Gasteiger charge is 2.10. The van der Waals surface area contributed by atoms with Crippen LogP contribution >= 0.6 is 15.9 Å². The van der Waals surface area contributed by atoms with Crippen LogP contribution in [0.5, 0.6) is 11.5 Å². The molecule has 0 saturated heterocycles. The molecule has 0 aromatic heterocycles. The number of rotatable bonds is 7. The van der Waals surface area contributed by atoms with Gasteiger partial charge in [0.05, 0.1) is 13.2 Å². The molecule has 6 heteroatoms. The standard InChI is InChI=1S/C20H19BrN2O3/c1-3-25-18-7-5-17(6-8-18)23-20(24)15(13-22)9-14-10-16(21)12-19(11-14)26-4-2/h5-12H,3-4H2,1-2H3,(H,23,24)/b15-9+. The molecule has 0 heterocycles. The number of hydrogen-bond acceptors (Lipinski definition) is 4. The Morgan fingerprint density at radius 3 is 2.38 bits per heavy atom. The van der Waals surface area contributed by atoms with Gasteiger partial charge in [-0.3, -0.25) is 4.79 Å². The molecule has 0 radical (unpaired) electrons. The van der Waals surface area contributed by atoms with Crippen molar-refractivity contribution in [3.8, 4) is 17.6 Å². The number of amides is 1. The van der Waals surface area contributed by atoms with Crippen molar-refractivity contribution in [3.63, 3.8) is 0 Å². The van der Waals surface area contributed by atoms with Crippen molar-refractivity contribution in [2.24, 2.45) is 0 Å². The Hall–Kier alpha value is -2.78. The van der Waals surface area contributed by atoms with Gasteiger partial charge in [-0.15, -0.1) is 0 Å². The van der Waals surface area contributed by atoms with E-state index in [-0.39, 0.29) is 5.57 Å². The van der Waals surface area contributed by atoms with Gasteiger partial charge in [0.25, 0.3) is 5.91 Å². The highest BCUT2D eigenvalue weighted by molar-refractivity contribution is 9.10.